The van der Waals surface area contributed by atoms with Crippen molar-refractivity contribution in [3.8, 4) is 5.75 Å². The summed E-state index contributed by atoms with van der Waals surface area (Å²) >= 11 is 0. The van der Waals surface area contributed by atoms with Crippen molar-refractivity contribution < 1.29 is 27.5 Å². The predicted molar refractivity (Wildman–Crippen MR) is 94.7 cm³/mol. The third-order valence-electron chi connectivity index (χ3n) is 3.70. The first-order valence-electron chi connectivity index (χ1n) is 8.07. The van der Waals surface area contributed by atoms with Crippen LogP contribution in [0.25, 0.3) is 0 Å². The molecule has 5 nitrogen and oxygen atoms in total. The van der Waals surface area contributed by atoms with Crippen LogP contribution in [-0.2, 0) is 4.79 Å². The van der Waals surface area contributed by atoms with E-state index in [4.69, 9.17) is 0 Å². The van der Waals surface area contributed by atoms with Crippen molar-refractivity contribution >= 4 is 17.5 Å². The van der Waals surface area contributed by atoms with Gasteiger partial charge in [0, 0.05) is 11.3 Å². The summed E-state index contributed by atoms with van der Waals surface area (Å²) in [6.45, 7) is 5.43. The largest absolute Gasteiger partial charge is 0.573 e. The highest BCUT2D eigenvalue weighted by Crippen LogP contribution is 2.23. The molecule has 2 N–H and O–H groups in total. The SMILES string of the molecule is Cc1cc(C)c(NC(=O)CNC(=O)c2ccc(OC(F)(F)F)cc2)c(C)c1. The van der Waals surface area contributed by atoms with Crippen molar-refractivity contribution in [2.45, 2.75) is 27.1 Å². The first kappa shape index (κ1) is 20.3. The van der Waals surface area contributed by atoms with Gasteiger partial charge in [-0.3, -0.25) is 9.59 Å². The van der Waals surface area contributed by atoms with Crippen LogP contribution in [0.1, 0.15) is 27.0 Å². The Morgan fingerprint density at radius 3 is 2.07 bits per heavy atom. The van der Waals surface area contributed by atoms with Crippen LogP contribution in [0, 0.1) is 20.8 Å². The van der Waals surface area contributed by atoms with Crippen LogP contribution < -0.4 is 15.4 Å². The number of hydrogen-bond donors (Lipinski definition) is 2. The Kier molecular flexibility index (Phi) is 6.09. The summed E-state index contributed by atoms with van der Waals surface area (Å²) in [6.07, 6.45) is -4.80. The van der Waals surface area contributed by atoms with Gasteiger partial charge in [0.25, 0.3) is 5.91 Å². The summed E-state index contributed by atoms with van der Waals surface area (Å²) in [6, 6.07) is 8.30. The molecule has 0 atom stereocenters. The number of benzene rings is 2. The summed E-state index contributed by atoms with van der Waals surface area (Å²) in [7, 11) is 0. The molecule has 0 spiro atoms. The molecular formula is C19H19F3N2O3. The number of aryl methyl sites for hydroxylation is 3. The van der Waals surface area contributed by atoms with Crippen molar-refractivity contribution in [2.24, 2.45) is 0 Å². The molecule has 0 aliphatic heterocycles. The third-order valence-corrected chi connectivity index (χ3v) is 3.70. The normalized spacial score (nSPS) is 11.0. The first-order chi connectivity index (χ1) is 12.5. The standard InChI is InChI=1S/C19H19F3N2O3/c1-11-8-12(2)17(13(3)9-11)24-16(25)10-23-18(26)14-4-6-15(7-5-14)27-19(20,21)22/h4-9H,10H2,1-3H3,(H,23,26)(H,24,25). The van der Waals surface area contributed by atoms with Crippen molar-refractivity contribution in [3.05, 3.63) is 58.7 Å². The molecule has 0 aromatic heterocycles. The average molecular weight is 380 g/mol. The van der Waals surface area contributed by atoms with Crippen molar-refractivity contribution in [1.29, 1.82) is 0 Å². The van der Waals surface area contributed by atoms with E-state index in [0.717, 1.165) is 28.8 Å². The highest BCUT2D eigenvalue weighted by molar-refractivity contribution is 5.99. The zero-order chi connectivity index (χ0) is 20.2. The van der Waals surface area contributed by atoms with E-state index in [1.165, 1.54) is 12.1 Å². The molecule has 0 bridgehead atoms. The Morgan fingerprint density at radius 1 is 1.00 bits per heavy atom. The molecule has 2 rings (SSSR count). The molecule has 0 radical (unpaired) electrons. The lowest BCUT2D eigenvalue weighted by atomic mass is 10.1. The van der Waals surface area contributed by atoms with Crippen LogP contribution in [0.15, 0.2) is 36.4 Å². The Balaban J connectivity index is 1.92. The molecule has 0 heterocycles. The van der Waals surface area contributed by atoms with E-state index >= 15 is 0 Å². The highest BCUT2D eigenvalue weighted by Gasteiger charge is 2.31. The Bertz CT molecular complexity index is 823. The van der Waals surface area contributed by atoms with E-state index < -0.39 is 23.9 Å². The quantitative estimate of drug-likeness (QED) is 0.827. The van der Waals surface area contributed by atoms with E-state index in [2.05, 4.69) is 15.4 Å². The third kappa shape index (κ3) is 6.02. The minimum atomic E-state index is -4.80. The molecule has 0 aliphatic rings. The molecule has 144 valence electrons. The maximum absolute atomic E-state index is 12.1. The summed E-state index contributed by atoms with van der Waals surface area (Å²) < 4.78 is 40.1. The van der Waals surface area contributed by atoms with Crippen LogP contribution >= 0.6 is 0 Å². The molecule has 2 aromatic carbocycles. The van der Waals surface area contributed by atoms with Crippen molar-refractivity contribution in [3.63, 3.8) is 0 Å². The van der Waals surface area contributed by atoms with Crippen molar-refractivity contribution in [1.82, 2.24) is 5.32 Å². The van der Waals surface area contributed by atoms with Gasteiger partial charge < -0.3 is 15.4 Å². The van der Waals surface area contributed by atoms with Gasteiger partial charge in [-0.2, -0.15) is 0 Å². The zero-order valence-electron chi connectivity index (χ0n) is 15.0. The minimum absolute atomic E-state index is 0.111. The Labute approximate surface area is 154 Å². The van der Waals surface area contributed by atoms with Gasteiger partial charge in [-0.05, 0) is 56.2 Å². The lowest BCUT2D eigenvalue weighted by Crippen LogP contribution is -2.33. The number of nitrogens with one attached hydrogen (secondary N) is 2. The monoisotopic (exact) mass is 380 g/mol. The number of ether oxygens (including phenoxy) is 1. The number of anilines is 1. The summed E-state index contributed by atoms with van der Waals surface area (Å²) in [5.41, 5.74) is 3.70. The minimum Gasteiger partial charge on any atom is -0.406 e. The van der Waals surface area contributed by atoms with Crippen LogP contribution in [0.2, 0.25) is 0 Å². The number of alkyl halides is 3. The second kappa shape index (κ2) is 8.11. The molecule has 0 saturated heterocycles. The van der Waals surface area contributed by atoms with Gasteiger partial charge in [0.05, 0.1) is 6.54 Å². The molecule has 0 unspecified atom stereocenters. The average Bonchev–Trinajstić information content (AvgIpc) is 2.55. The number of carbonyl (C=O) groups excluding carboxylic acids is 2. The molecule has 8 heteroatoms. The van der Waals surface area contributed by atoms with Gasteiger partial charge in [-0.1, -0.05) is 17.7 Å². The summed E-state index contributed by atoms with van der Waals surface area (Å²) in [5.74, 6) is -1.42. The fourth-order valence-corrected chi connectivity index (χ4v) is 2.63. The second-order valence-corrected chi connectivity index (χ2v) is 6.08. The number of hydrogen-bond acceptors (Lipinski definition) is 3. The van der Waals surface area contributed by atoms with E-state index in [1.54, 1.807) is 0 Å². The van der Waals surface area contributed by atoms with E-state index in [1.807, 2.05) is 32.9 Å². The van der Waals surface area contributed by atoms with Gasteiger partial charge in [0.15, 0.2) is 0 Å². The first-order valence-corrected chi connectivity index (χ1v) is 8.07. The smallest absolute Gasteiger partial charge is 0.406 e. The lowest BCUT2D eigenvalue weighted by Gasteiger charge is -2.13. The van der Waals surface area contributed by atoms with Gasteiger partial charge in [-0.15, -0.1) is 13.2 Å². The van der Waals surface area contributed by atoms with Crippen LogP contribution in [0.3, 0.4) is 0 Å². The molecule has 0 saturated carbocycles. The lowest BCUT2D eigenvalue weighted by molar-refractivity contribution is -0.274. The molecule has 0 fully saturated rings. The molecule has 2 amide bonds. The summed E-state index contributed by atoms with van der Waals surface area (Å²) in [5, 5.41) is 5.17. The molecule has 2 aromatic rings. The number of rotatable bonds is 5. The number of amides is 2. The number of halogens is 3. The molecule has 0 aliphatic carbocycles. The second-order valence-electron chi connectivity index (χ2n) is 6.08. The molecular weight excluding hydrogens is 361 g/mol. The number of carbonyl (C=O) groups is 2. The van der Waals surface area contributed by atoms with Gasteiger partial charge >= 0.3 is 6.36 Å². The van der Waals surface area contributed by atoms with Gasteiger partial charge in [-0.25, -0.2) is 0 Å². The van der Waals surface area contributed by atoms with Crippen LogP contribution in [0.5, 0.6) is 5.75 Å². The van der Waals surface area contributed by atoms with E-state index in [0.29, 0.717) is 5.69 Å². The fourth-order valence-electron chi connectivity index (χ4n) is 2.63. The predicted octanol–water partition coefficient (Wildman–Crippen LogP) is 3.88. The maximum atomic E-state index is 12.1. The topological polar surface area (TPSA) is 67.4 Å². The van der Waals surface area contributed by atoms with Crippen LogP contribution in [-0.4, -0.2) is 24.7 Å². The van der Waals surface area contributed by atoms with Gasteiger partial charge in [0.2, 0.25) is 5.91 Å². The van der Waals surface area contributed by atoms with E-state index in [9.17, 15) is 22.8 Å². The summed E-state index contributed by atoms with van der Waals surface area (Å²) in [4.78, 5) is 24.1. The van der Waals surface area contributed by atoms with Crippen molar-refractivity contribution in [2.75, 3.05) is 11.9 Å². The fraction of sp³-hybridized carbons (Fsp3) is 0.263. The highest BCUT2D eigenvalue weighted by atomic mass is 19.4. The zero-order valence-corrected chi connectivity index (χ0v) is 15.0. The van der Waals surface area contributed by atoms with Crippen LogP contribution in [0.4, 0.5) is 18.9 Å². The molecule has 27 heavy (non-hydrogen) atoms. The maximum Gasteiger partial charge on any atom is 0.573 e. The van der Waals surface area contributed by atoms with E-state index in [-0.39, 0.29) is 12.1 Å². The van der Waals surface area contributed by atoms with Gasteiger partial charge in [0.1, 0.15) is 5.75 Å². The Hall–Kier alpha value is -3.03. The Morgan fingerprint density at radius 2 is 1.56 bits per heavy atom.